The van der Waals surface area contributed by atoms with Gasteiger partial charge in [-0.2, -0.15) is 0 Å². The summed E-state index contributed by atoms with van der Waals surface area (Å²) < 4.78 is 18.3. The summed E-state index contributed by atoms with van der Waals surface area (Å²) in [6.45, 7) is 1.96. The largest absolute Gasteiger partial charge is 0.481 e. The van der Waals surface area contributed by atoms with E-state index >= 15 is 0 Å². The lowest BCUT2D eigenvalue weighted by Crippen LogP contribution is -2.15. The van der Waals surface area contributed by atoms with Crippen LogP contribution in [0.25, 0.3) is 21.9 Å². The molecular weight excluding hydrogens is 369 g/mol. The molecule has 7 heteroatoms. The molecule has 0 saturated heterocycles. The van der Waals surface area contributed by atoms with Crippen LogP contribution in [-0.2, 0) is 4.79 Å². The van der Waals surface area contributed by atoms with Crippen LogP contribution in [0.1, 0.15) is 12.0 Å². The van der Waals surface area contributed by atoms with E-state index in [0.717, 1.165) is 27.5 Å². The Morgan fingerprint density at radius 1 is 1.26 bits per heavy atom. The average Bonchev–Trinajstić information content (AvgIpc) is 3.38. The Hall–Kier alpha value is -2.73. The molecule has 0 radical (unpaired) electrons. The second-order valence-electron chi connectivity index (χ2n) is 6.64. The lowest BCUT2D eigenvalue weighted by atomic mass is 9.99. The molecule has 2 atom stereocenters. The van der Waals surface area contributed by atoms with Crippen LogP contribution in [0.5, 0.6) is 5.88 Å². The summed E-state index contributed by atoms with van der Waals surface area (Å²) in [6, 6.07) is 7.43. The Bertz CT molecular complexity index is 1060. The number of hydrogen-bond acceptors (Lipinski definition) is 4. The number of aromatic nitrogens is 2. The number of amides is 1. The van der Waals surface area contributed by atoms with E-state index in [2.05, 4.69) is 15.3 Å². The van der Waals surface area contributed by atoms with Crippen molar-refractivity contribution in [1.29, 1.82) is 0 Å². The second kappa shape index (κ2) is 6.78. The Morgan fingerprint density at radius 2 is 2.04 bits per heavy atom. The van der Waals surface area contributed by atoms with Gasteiger partial charge in [-0.15, -0.1) is 0 Å². The number of halogens is 2. The number of carbonyl (C=O) groups excluding carboxylic acids is 1. The summed E-state index contributed by atoms with van der Waals surface area (Å²) >= 11 is 6.45. The summed E-state index contributed by atoms with van der Waals surface area (Å²) in [5, 5.41) is 4.82. The molecule has 1 N–H and O–H groups in total. The average molecular weight is 386 g/mol. The minimum atomic E-state index is -1.05. The lowest BCUT2D eigenvalue weighted by Gasteiger charge is -2.11. The Kier molecular flexibility index (Phi) is 4.44. The van der Waals surface area contributed by atoms with Crippen molar-refractivity contribution in [2.24, 2.45) is 5.92 Å². The minimum Gasteiger partial charge on any atom is -0.481 e. The quantitative estimate of drug-likeness (QED) is 0.714. The van der Waals surface area contributed by atoms with Gasteiger partial charge in [0.1, 0.15) is 12.0 Å². The first-order valence-electron chi connectivity index (χ1n) is 8.51. The van der Waals surface area contributed by atoms with Gasteiger partial charge in [0.05, 0.1) is 18.1 Å². The maximum atomic E-state index is 13.1. The van der Waals surface area contributed by atoms with Crippen molar-refractivity contribution < 1.29 is 13.9 Å². The van der Waals surface area contributed by atoms with E-state index in [-0.39, 0.29) is 12.3 Å². The van der Waals surface area contributed by atoms with Crippen molar-refractivity contribution in [3.63, 3.8) is 0 Å². The molecule has 5 nitrogen and oxygen atoms in total. The molecule has 0 bridgehead atoms. The molecule has 3 aromatic rings. The van der Waals surface area contributed by atoms with Crippen LogP contribution in [-0.4, -0.2) is 29.2 Å². The van der Waals surface area contributed by atoms with Gasteiger partial charge in [-0.1, -0.05) is 11.6 Å². The van der Waals surface area contributed by atoms with Crippen LogP contribution >= 0.6 is 11.6 Å². The first kappa shape index (κ1) is 17.7. The second-order valence-corrected chi connectivity index (χ2v) is 7.04. The number of alkyl halides is 1. The number of benzene rings is 1. The zero-order valence-corrected chi connectivity index (χ0v) is 15.5. The van der Waals surface area contributed by atoms with Crippen molar-refractivity contribution in [2.45, 2.75) is 19.5 Å². The number of fused-ring (bicyclic) bond motifs is 1. The van der Waals surface area contributed by atoms with E-state index < -0.39 is 12.1 Å². The molecule has 138 valence electrons. The van der Waals surface area contributed by atoms with E-state index in [1.54, 1.807) is 25.6 Å². The normalized spacial score (nSPS) is 18.4. The summed E-state index contributed by atoms with van der Waals surface area (Å²) in [6.07, 6.45) is 2.58. The molecule has 1 aromatic carbocycles. The highest BCUT2D eigenvalue weighted by atomic mass is 35.5. The summed E-state index contributed by atoms with van der Waals surface area (Å²) in [4.78, 5) is 20.4. The number of rotatable bonds is 4. The molecule has 2 aromatic heterocycles. The van der Waals surface area contributed by atoms with Crippen molar-refractivity contribution in [3.8, 4) is 17.0 Å². The third-order valence-corrected chi connectivity index (χ3v) is 5.00. The zero-order chi connectivity index (χ0) is 19.1. The first-order valence-corrected chi connectivity index (χ1v) is 8.89. The van der Waals surface area contributed by atoms with Crippen LogP contribution in [0.15, 0.2) is 36.7 Å². The van der Waals surface area contributed by atoms with Gasteiger partial charge >= 0.3 is 0 Å². The van der Waals surface area contributed by atoms with E-state index in [1.807, 2.05) is 25.1 Å². The third-order valence-electron chi connectivity index (χ3n) is 4.69. The Labute approximate surface area is 160 Å². The fourth-order valence-electron chi connectivity index (χ4n) is 3.02. The fourth-order valence-corrected chi connectivity index (χ4v) is 3.29. The number of pyridine rings is 2. The number of methoxy groups -OCH3 is 1. The number of nitrogens with zero attached hydrogens (tertiary/aromatic N) is 2. The van der Waals surface area contributed by atoms with E-state index in [0.29, 0.717) is 16.7 Å². The highest BCUT2D eigenvalue weighted by Gasteiger charge is 2.43. The highest BCUT2D eigenvalue weighted by molar-refractivity contribution is 6.36. The molecular formula is C20H17ClFN3O2. The molecule has 1 amide bonds. The SMILES string of the molecule is COc1cc(-c2cc(Cl)c3cnc(NC(=O)C4CC4F)cc3c2)c(C)cn1. The third kappa shape index (κ3) is 3.45. The van der Waals surface area contributed by atoms with E-state index in [4.69, 9.17) is 16.3 Å². The Balaban J connectivity index is 1.74. The standard InChI is InChI=1S/C20H17ClFN3O2/c1-10-8-24-19(27-2)7-13(10)11-3-12-5-18(23-9-15(12)16(21)4-11)25-20(26)14-6-17(14)22/h3-5,7-9,14,17H,6H2,1-2H3,(H,23,25,26). The van der Waals surface area contributed by atoms with E-state index in [1.165, 1.54) is 0 Å². The van der Waals surface area contributed by atoms with Crippen molar-refractivity contribution in [3.05, 3.63) is 47.2 Å². The minimum absolute atomic E-state index is 0.276. The van der Waals surface area contributed by atoms with Gasteiger partial charge < -0.3 is 10.1 Å². The topological polar surface area (TPSA) is 64.1 Å². The summed E-state index contributed by atoms with van der Waals surface area (Å²) in [5.41, 5.74) is 2.84. The predicted octanol–water partition coefficient (Wildman–Crippen LogP) is 4.56. The molecule has 1 fully saturated rings. The molecule has 0 aliphatic heterocycles. The van der Waals surface area contributed by atoms with Crippen LogP contribution < -0.4 is 10.1 Å². The molecule has 1 aliphatic carbocycles. The van der Waals surface area contributed by atoms with Gasteiger partial charge in [0.15, 0.2) is 0 Å². The molecule has 2 unspecified atom stereocenters. The molecule has 0 spiro atoms. The zero-order valence-electron chi connectivity index (χ0n) is 14.8. The highest BCUT2D eigenvalue weighted by Crippen LogP contribution is 2.36. The molecule has 1 aliphatic rings. The fraction of sp³-hybridized carbons (Fsp3) is 0.250. The maximum Gasteiger partial charge on any atom is 0.231 e. The van der Waals surface area contributed by atoms with Gasteiger partial charge in [-0.05, 0) is 53.6 Å². The maximum absolute atomic E-state index is 13.1. The number of carbonyl (C=O) groups is 1. The van der Waals surface area contributed by atoms with E-state index in [9.17, 15) is 9.18 Å². The Morgan fingerprint density at radius 3 is 2.74 bits per heavy atom. The number of aryl methyl sites for hydroxylation is 1. The number of hydrogen-bond donors (Lipinski definition) is 1. The van der Waals surface area contributed by atoms with Crippen LogP contribution in [0.4, 0.5) is 10.2 Å². The molecule has 1 saturated carbocycles. The number of nitrogens with one attached hydrogen (secondary N) is 1. The van der Waals surface area contributed by atoms with Crippen molar-refractivity contribution in [2.75, 3.05) is 12.4 Å². The summed E-state index contributed by atoms with van der Waals surface area (Å²) in [7, 11) is 1.57. The van der Waals surface area contributed by atoms with Gasteiger partial charge in [-0.25, -0.2) is 14.4 Å². The van der Waals surface area contributed by atoms with Gasteiger partial charge in [0.25, 0.3) is 0 Å². The monoisotopic (exact) mass is 385 g/mol. The molecule has 27 heavy (non-hydrogen) atoms. The van der Waals surface area contributed by atoms with Crippen LogP contribution in [0.2, 0.25) is 5.02 Å². The summed E-state index contributed by atoms with van der Waals surface area (Å²) in [5.74, 6) is -0.0146. The van der Waals surface area contributed by atoms with Crippen LogP contribution in [0, 0.1) is 12.8 Å². The van der Waals surface area contributed by atoms with Gasteiger partial charge in [0, 0.05) is 23.8 Å². The lowest BCUT2D eigenvalue weighted by molar-refractivity contribution is -0.117. The molecule has 4 rings (SSSR count). The van der Waals surface area contributed by atoms with Gasteiger partial charge in [0.2, 0.25) is 11.8 Å². The predicted molar refractivity (Wildman–Crippen MR) is 103 cm³/mol. The number of ether oxygens (including phenoxy) is 1. The molecule has 2 heterocycles. The van der Waals surface area contributed by atoms with Crippen molar-refractivity contribution >= 4 is 34.1 Å². The van der Waals surface area contributed by atoms with Crippen molar-refractivity contribution in [1.82, 2.24) is 9.97 Å². The number of anilines is 1. The first-order chi connectivity index (χ1) is 13.0. The smallest absolute Gasteiger partial charge is 0.231 e. The van der Waals surface area contributed by atoms with Gasteiger partial charge in [-0.3, -0.25) is 4.79 Å². The van der Waals surface area contributed by atoms with Crippen LogP contribution in [0.3, 0.4) is 0 Å².